The number of carbonyl (C=O) groups excluding carboxylic acids is 2. The smallest absolute Gasteiger partial charge is 0.225 e. The largest absolute Gasteiger partial charge is 0.497 e. The summed E-state index contributed by atoms with van der Waals surface area (Å²) in [7, 11) is 3.17. The van der Waals surface area contributed by atoms with Crippen LogP contribution in [0.4, 0.5) is 0 Å². The average molecular weight is 412 g/mol. The number of hydrogen-bond acceptors (Lipinski definition) is 4. The lowest BCUT2D eigenvalue weighted by molar-refractivity contribution is -0.122. The van der Waals surface area contributed by atoms with E-state index >= 15 is 0 Å². The summed E-state index contributed by atoms with van der Waals surface area (Å²) in [5.41, 5.74) is 3.08. The number of Topliss-reactive ketones (excluding diaryl/α,β-unsaturated/α-hetero) is 1. The third kappa shape index (κ3) is 3.62. The Morgan fingerprint density at radius 3 is 2.48 bits per heavy atom. The molecule has 1 heterocycles. The van der Waals surface area contributed by atoms with Gasteiger partial charge in [0.15, 0.2) is 5.78 Å². The maximum Gasteiger partial charge on any atom is 0.225 e. The summed E-state index contributed by atoms with van der Waals surface area (Å²) >= 11 is 6.36. The Labute approximate surface area is 174 Å². The minimum atomic E-state index is -0.358. The number of rotatable bonds is 4. The van der Waals surface area contributed by atoms with E-state index in [1.165, 1.54) is 0 Å². The van der Waals surface area contributed by atoms with Gasteiger partial charge in [0.05, 0.1) is 14.2 Å². The fraction of sp³-hybridized carbons (Fsp3) is 0.304. The fourth-order valence-electron chi connectivity index (χ4n) is 4.36. The molecule has 1 aliphatic carbocycles. The Morgan fingerprint density at radius 1 is 0.966 bits per heavy atom. The Balaban J connectivity index is 1.77. The van der Waals surface area contributed by atoms with Crippen molar-refractivity contribution in [1.82, 2.24) is 5.32 Å². The fourth-order valence-corrected chi connectivity index (χ4v) is 4.65. The van der Waals surface area contributed by atoms with Gasteiger partial charge in [-0.05, 0) is 42.2 Å². The molecular weight excluding hydrogens is 390 g/mol. The Kier molecular flexibility index (Phi) is 5.33. The van der Waals surface area contributed by atoms with Gasteiger partial charge in [0.2, 0.25) is 5.91 Å². The van der Waals surface area contributed by atoms with E-state index in [1.54, 1.807) is 26.4 Å². The van der Waals surface area contributed by atoms with E-state index in [9.17, 15) is 9.59 Å². The first-order chi connectivity index (χ1) is 14.0. The van der Waals surface area contributed by atoms with Crippen molar-refractivity contribution in [1.29, 1.82) is 0 Å². The van der Waals surface area contributed by atoms with Gasteiger partial charge < -0.3 is 14.8 Å². The molecule has 0 aromatic heterocycles. The molecule has 5 nitrogen and oxygen atoms in total. The van der Waals surface area contributed by atoms with E-state index in [0.29, 0.717) is 40.6 Å². The summed E-state index contributed by atoms with van der Waals surface area (Å²) in [6.07, 6.45) is 1.13. The van der Waals surface area contributed by atoms with Crippen LogP contribution in [0, 0.1) is 0 Å². The summed E-state index contributed by atoms with van der Waals surface area (Å²) in [5.74, 6) is 0.812. The highest BCUT2D eigenvalue weighted by atomic mass is 35.5. The van der Waals surface area contributed by atoms with Crippen molar-refractivity contribution in [3.8, 4) is 11.5 Å². The minimum Gasteiger partial charge on any atom is -0.497 e. The molecule has 1 amide bonds. The van der Waals surface area contributed by atoms with E-state index < -0.39 is 0 Å². The molecule has 0 saturated carbocycles. The number of hydrogen-bond donors (Lipinski definition) is 1. The molecule has 2 atom stereocenters. The summed E-state index contributed by atoms with van der Waals surface area (Å²) in [6, 6.07) is 13.0. The van der Waals surface area contributed by atoms with Gasteiger partial charge in [-0.25, -0.2) is 0 Å². The maximum absolute atomic E-state index is 13.2. The van der Waals surface area contributed by atoms with Crippen molar-refractivity contribution < 1.29 is 19.1 Å². The van der Waals surface area contributed by atoms with Crippen LogP contribution in [0.25, 0.3) is 0 Å². The Morgan fingerprint density at radius 2 is 1.76 bits per heavy atom. The lowest BCUT2D eigenvalue weighted by Crippen LogP contribution is -2.38. The monoisotopic (exact) mass is 411 g/mol. The molecule has 0 spiro atoms. The molecule has 6 heteroatoms. The molecule has 29 heavy (non-hydrogen) atoms. The number of amides is 1. The standard InChI is InChI=1S/C23H22ClNO4/c1-28-14-7-8-21(29-2)16(11-14)17-12-22(27)25-19-9-13(10-20(26)23(17)19)15-5-3-4-6-18(15)24/h3-8,11,13,17H,9-10,12H2,1-2H3,(H,25,27)/t13-,17-/m1/s1. The quantitative estimate of drug-likeness (QED) is 0.811. The van der Waals surface area contributed by atoms with Crippen LogP contribution >= 0.6 is 11.6 Å². The summed E-state index contributed by atoms with van der Waals surface area (Å²) < 4.78 is 10.9. The molecule has 1 N–H and O–H groups in total. The van der Waals surface area contributed by atoms with Crippen molar-refractivity contribution in [3.63, 3.8) is 0 Å². The second-order valence-electron chi connectivity index (χ2n) is 7.35. The molecule has 1 aliphatic heterocycles. The number of methoxy groups -OCH3 is 2. The van der Waals surface area contributed by atoms with Gasteiger partial charge in [-0.3, -0.25) is 9.59 Å². The predicted octanol–water partition coefficient (Wildman–Crippen LogP) is 4.36. The van der Waals surface area contributed by atoms with E-state index in [1.807, 2.05) is 30.3 Å². The van der Waals surface area contributed by atoms with Crippen molar-refractivity contribution in [2.75, 3.05) is 14.2 Å². The summed E-state index contributed by atoms with van der Waals surface area (Å²) in [6.45, 7) is 0. The zero-order valence-corrected chi connectivity index (χ0v) is 17.1. The van der Waals surface area contributed by atoms with Crippen molar-refractivity contribution in [2.24, 2.45) is 0 Å². The maximum atomic E-state index is 13.2. The van der Waals surface area contributed by atoms with Crippen LogP contribution in [0.1, 0.15) is 42.2 Å². The number of ether oxygens (including phenoxy) is 2. The van der Waals surface area contributed by atoms with E-state index in [2.05, 4.69) is 5.32 Å². The van der Waals surface area contributed by atoms with Crippen molar-refractivity contribution in [2.45, 2.75) is 31.1 Å². The molecule has 0 radical (unpaired) electrons. The summed E-state index contributed by atoms with van der Waals surface area (Å²) in [5, 5.41) is 3.58. The number of ketones is 1. The molecule has 0 unspecified atom stereocenters. The zero-order valence-electron chi connectivity index (χ0n) is 16.3. The van der Waals surface area contributed by atoms with E-state index in [0.717, 1.165) is 11.1 Å². The van der Waals surface area contributed by atoms with Gasteiger partial charge in [0, 0.05) is 40.6 Å². The van der Waals surface area contributed by atoms with Crippen LogP contribution in [0.5, 0.6) is 11.5 Å². The normalized spacial score (nSPS) is 21.5. The molecule has 2 aromatic rings. The Hall–Kier alpha value is -2.79. The topological polar surface area (TPSA) is 64.6 Å². The predicted molar refractivity (Wildman–Crippen MR) is 111 cm³/mol. The molecule has 0 fully saturated rings. The molecule has 150 valence electrons. The third-order valence-electron chi connectivity index (χ3n) is 5.69. The number of benzene rings is 2. The number of nitrogens with one attached hydrogen (secondary N) is 1. The van der Waals surface area contributed by atoms with Gasteiger partial charge in [-0.15, -0.1) is 0 Å². The van der Waals surface area contributed by atoms with Crippen LogP contribution in [0.2, 0.25) is 5.02 Å². The van der Waals surface area contributed by atoms with Crippen LogP contribution in [-0.2, 0) is 9.59 Å². The second-order valence-corrected chi connectivity index (χ2v) is 7.76. The first-order valence-corrected chi connectivity index (χ1v) is 9.92. The first kappa shape index (κ1) is 19.5. The molecule has 4 rings (SSSR count). The highest BCUT2D eigenvalue weighted by Gasteiger charge is 2.39. The average Bonchev–Trinajstić information content (AvgIpc) is 2.72. The van der Waals surface area contributed by atoms with Gasteiger partial charge in [-0.2, -0.15) is 0 Å². The van der Waals surface area contributed by atoms with E-state index in [-0.39, 0.29) is 29.9 Å². The molecule has 0 bridgehead atoms. The van der Waals surface area contributed by atoms with Crippen molar-refractivity contribution >= 4 is 23.3 Å². The SMILES string of the molecule is COc1ccc(OC)c([C@H]2CC(=O)NC3=C2C(=O)C[C@H](c2ccccc2Cl)C3)c1. The molecular formula is C23H22ClNO4. The zero-order chi connectivity index (χ0) is 20.5. The molecule has 0 saturated heterocycles. The molecule has 2 aromatic carbocycles. The van der Waals surface area contributed by atoms with Gasteiger partial charge in [-0.1, -0.05) is 29.8 Å². The number of halogens is 1. The highest BCUT2D eigenvalue weighted by molar-refractivity contribution is 6.31. The van der Waals surface area contributed by atoms with Crippen LogP contribution in [0.3, 0.4) is 0 Å². The lowest BCUT2D eigenvalue weighted by atomic mass is 9.73. The lowest BCUT2D eigenvalue weighted by Gasteiger charge is -2.35. The van der Waals surface area contributed by atoms with Gasteiger partial charge >= 0.3 is 0 Å². The Bertz CT molecular complexity index is 1010. The van der Waals surface area contributed by atoms with E-state index in [4.69, 9.17) is 21.1 Å². The molecule has 2 aliphatic rings. The van der Waals surface area contributed by atoms with Crippen LogP contribution in [-0.4, -0.2) is 25.9 Å². The van der Waals surface area contributed by atoms with Crippen molar-refractivity contribution in [3.05, 3.63) is 69.9 Å². The van der Waals surface area contributed by atoms with Crippen LogP contribution in [0.15, 0.2) is 53.7 Å². The second kappa shape index (κ2) is 7.91. The number of carbonyl (C=O) groups is 2. The van der Waals surface area contributed by atoms with Gasteiger partial charge in [0.1, 0.15) is 11.5 Å². The van der Waals surface area contributed by atoms with Gasteiger partial charge in [0.25, 0.3) is 0 Å². The first-order valence-electron chi connectivity index (χ1n) is 9.54. The minimum absolute atomic E-state index is 0.0334. The van der Waals surface area contributed by atoms with Crippen LogP contribution < -0.4 is 14.8 Å². The third-order valence-corrected chi connectivity index (χ3v) is 6.04. The summed E-state index contributed by atoms with van der Waals surface area (Å²) in [4.78, 5) is 25.8. The highest BCUT2D eigenvalue weighted by Crippen LogP contribution is 2.46. The number of allylic oxidation sites excluding steroid dienone is 2.